The van der Waals surface area contributed by atoms with E-state index in [0.29, 0.717) is 34.3 Å². The molecule has 0 unspecified atom stereocenters. The molecule has 190 valence electrons. The fourth-order valence-electron chi connectivity index (χ4n) is 4.11. The van der Waals surface area contributed by atoms with Gasteiger partial charge in [0.15, 0.2) is 17.3 Å². The maximum atomic E-state index is 11.8. The van der Waals surface area contributed by atoms with Crippen LogP contribution in [0.2, 0.25) is 0 Å². The number of rotatable bonds is 8. The monoisotopic (exact) mass is 524 g/mol. The van der Waals surface area contributed by atoms with Crippen molar-refractivity contribution in [2.45, 2.75) is 6.92 Å². The number of carbonyl (C=O) groups excluding carboxylic acids is 1. The molecule has 2 N–H and O–H groups in total. The van der Waals surface area contributed by atoms with Crippen LogP contribution in [0.25, 0.3) is 55.3 Å². The van der Waals surface area contributed by atoms with Crippen LogP contribution in [0.3, 0.4) is 0 Å². The summed E-state index contributed by atoms with van der Waals surface area (Å²) in [4.78, 5) is 37.3. The summed E-state index contributed by atoms with van der Waals surface area (Å²) in [5.41, 5.74) is 6.05. The molecule has 6 heterocycles. The van der Waals surface area contributed by atoms with Crippen LogP contribution >= 0.6 is 11.3 Å². The van der Waals surface area contributed by atoms with E-state index in [1.165, 1.54) is 11.3 Å². The molecule has 0 aromatic carbocycles. The molecule has 0 fully saturated rings. The lowest BCUT2D eigenvalue weighted by Crippen LogP contribution is -2.19. The van der Waals surface area contributed by atoms with E-state index in [4.69, 9.17) is 14.7 Å². The maximum absolute atomic E-state index is 11.8. The van der Waals surface area contributed by atoms with E-state index in [1.807, 2.05) is 44.4 Å². The molecule has 0 radical (unpaired) electrons. The summed E-state index contributed by atoms with van der Waals surface area (Å²) in [6, 6.07) is 9.56. The number of fused-ring (bicyclic) bond motifs is 2. The number of Topliss-reactive ketones (excluding diaryl/α,β-unsaturated/α-hetero) is 1. The molecule has 6 aromatic rings. The molecule has 0 saturated heterocycles. The first-order valence-corrected chi connectivity index (χ1v) is 12.8. The molecular weight excluding hydrogens is 500 g/mol. The third-order valence-corrected chi connectivity index (χ3v) is 7.28. The summed E-state index contributed by atoms with van der Waals surface area (Å²) in [6.45, 7) is 2.95. The zero-order valence-electron chi connectivity index (χ0n) is 21.0. The lowest BCUT2D eigenvalue weighted by Gasteiger charge is -2.11. The normalized spacial score (nSPS) is 11.6. The van der Waals surface area contributed by atoms with Crippen LogP contribution in [-0.2, 0) is 0 Å². The predicted octanol–water partition coefficient (Wildman–Crippen LogP) is 4.83. The average Bonchev–Trinajstić information content (AvgIpc) is 3.66. The Morgan fingerprint density at radius 2 is 1.87 bits per heavy atom. The molecule has 0 atom stereocenters. The highest BCUT2D eigenvalue weighted by Crippen LogP contribution is 2.34. The number of ketones is 1. The minimum absolute atomic E-state index is 0.0369. The average molecular weight is 525 g/mol. The largest absolute Gasteiger partial charge is 0.491 e. The van der Waals surface area contributed by atoms with Gasteiger partial charge in [0, 0.05) is 34.9 Å². The number of aromatic nitrogens is 7. The molecule has 38 heavy (non-hydrogen) atoms. The first-order valence-electron chi connectivity index (χ1n) is 12.0. The van der Waals surface area contributed by atoms with Crippen molar-refractivity contribution in [1.82, 2.24) is 40.0 Å². The second kappa shape index (κ2) is 9.77. The second-order valence-corrected chi connectivity index (χ2v) is 10.2. The molecule has 10 nitrogen and oxygen atoms in total. The maximum Gasteiger partial charge on any atom is 0.169 e. The molecule has 0 aliphatic carbocycles. The van der Waals surface area contributed by atoms with Crippen molar-refractivity contribution in [2.24, 2.45) is 0 Å². The number of nitrogens with zero attached hydrogens (tertiary/aromatic N) is 6. The van der Waals surface area contributed by atoms with Gasteiger partial charge in [0.1, 0.15) is 23.4 Å². The number of nitrogens with one attached hydrogen (secondary N) is 2. The highest BCUT2D eigenvalue weighted by Gasteiger charge is 2.18. The van der Waals surface area contributed by atoms with E-state index < -0.39 is 0 Å². The number of hydrogen-bond donors (Lipinski definition) is 2. The van der Waals surface area contributed by atoms with Crippen molar-refractivity contribution in [3.8, 4) is 39.0 Å². The Bertz CT molecular complexity index is 1780. The summed E-state index contributed by atoms with van der Waals surface area (Å²) in [7, 11) is 4.01. The molecule has 6 aromatic heterocycles. The SMILES string of the molecule is CC(=O)c1ccc(-c2cncc3[nH]c(-c4n[nH]c5ccc(-c6cncc(OCCN(C)C)c6)nc45)nc23)s1. The van der Waals surface area contributed by atoms with E-state index in [-0.39, 0.29) is 5.78 Å². The lowest BCUT2D eigenvalue weighted by atomic mass is 10.1. The van der Waals surface area contributed by atoms with E-state index in [1.54, 1.807) is 31.7 Å². The van der Waals surface area contributed by atoms with Crippen molar-refractivity contribution in [1.29, 1.82) is 0 Å². The molecule has 11 heteroatoms. The zero-order chi connectivity index (χ0) is 26.2. The first kappa shape index (κ1) is 23.9. The van der Waals surface area contributed by atoms with Gasteiger partial charge >= 0.3 is 0 Å². The van der Waals surface area contributed by atoms with Crippen LogP contribution in [0.1, 0.15) is 16.6 Å². The molecule has 0 bridgehead atoms. The minimum Gasteiger partial charge on any atom is -0.491 e. The molecule has 0 saturated carbocycles. The van der Waals surface area contributed by atoms with E-state index in [2.05, 4.69) is 30.0 Å². The number of aromatic amines is 2. The van der Waals surface area contributed by atoms with E-state index >= 15 is 0 Å². The van der Waals surface area contributed by atoms with E-state index in [0.717, 1.165) is 44.8 Å². The number of pyridine rings is 3. The lowest BCUT2D eigenvalue weighted by molar-refractivity contribution is 0.102. The van der Waals surface area contributed by atoms with Crippen LogP contribution in [0.15, 0.2) is 55.1 Å². The number of thiophene rings is 1. The Balaban J connectivity index is 1.37. The highest BCUT2D eigenvalue weighted by atomic mass is 32.1. The zero-order valence-corrected chi connectivity index (χ0v) is 21.8. The van der Waals surface area contributed by atoms with Gasteiger partial charge in [0.25, 0.3) is 0 Å². The number of ether oxygens (including phenoxy) is 1. The second-order valence-electron chi connectivity index (χ2n) is 9.11. The highest BCUT2D eigenvalue weighted by molar-refractivity contribution is 7.17. The van der Waals surface area contributed by atoms with Crippen molar-refractivity contribution in [3.63, 3.8) is 0 Å². The number of imidazole rings is 1. The fourth-order valence-corrected chi connectivity index (χ4v) is 5.02. The Hall–Kier alpha value is -4.48. The molecule has 0 amide bonds. The van der Waals surface area contributed by atoms with Gasteiger partial charge in [-0.05, 0) is 51.4 Å². The Kier molecular flexibility index (Phi) is 6.14. The van der Waals surface area contributed by atoms with Gasteiger partial charge in [-0.2, -0.15) is 5.10 Å². The van der Waals surface area contributed by atoms with Gasteiger partial charge in [-0.3, -0.25) is 19.9 Å². The summed E-state index contributed by atoms with van der Waals surface area (Å²) < 4.78 is 5.85. The third kappa shape index (κ3) is 4.53. The molecule has 6 rings (SSSR count). The van der Waals surface area contributed by atoms with Crippen LogP contribution in [0.4, 0.5) is 0 Å². The minimum atomic E-state index is 0.0369. The van der Waals surface area contributed by atoms with Crippen LogP contribution in [-0.4, -0.2) is 73.0 Å². The van der Waals surface area contributed by atoms with Crippen molar-refractivity contribution < 1.29 is 9.53 Å². The molecular formula is C27H24N8O2S. The smallest absolute Gasteiger partial charge is 0.169 e. The van der Waals surface area contributed by atoms with Gasteiger partial charge in [-0.15, -0.1) is 11.3 Å². The Morgan fingerprint density at radius 3 is 2.68 bits per heavy atom. The summed E-state index contributed by atoms with van der Waals surface area (Å²) >= 11 is 1.43. The number of likely N-dealkylation sites (N-methyl/N-ethyl adjacent to an activating group) is 1. The Morgan fingerprint density at radius 1 is 1.00 bits per heavy atom. The summed E-state index contributed by atoms with van der Waals surface area (Å²) in [6.07, 6.45) is 6.97. The van der Waals surface area contributed by atoms with E-state index in [9.17, 15) is 4.79 Å². The first-order chi connectivity index (χ1) is 18.5. The quantitative estimate of drug-likeness (QED) is 0.271. The molecule has 0 aliphatic heterocycles. The van der Waals surface area contributed by atoms with Gasteiger partial charge in [0.2, 0.25) is 0 Å². The van der Waals surface area contributed by atoms with Gasteiger partial charge in [0.05, 0.1) is 34.0 Å². The predicted molar refractivity (Wildman–Crippen MR) is 147 cm³/mol. The van der Waals surface area contributed by atoms with Crippen LogP contribution in [0.5, 0.6) is 5.75 Å². The standard InChI is InChI=1S/C27H24N8O2S/c1-15(36)22-6-7-23(38-22)18-13-29-14-21-24(18)32-27(31-21)26-25-20(33-34-26)5-4-19(30-25)16-10-17(12-28-11-16)37-9-8-35(2)3/h4-7,10-14H,8-9H2,1-3H3,(H,31,32)(H,33,34). The summed E-state index contributed by atoms with van der Waals surface area (Å²) in [5, 5.41) is 7.56. The Labute approximate surface area is 221 Å². The number of H-pyrrole nitrogens is 2. The topological polar surface area (TPSA) is 126 Å². The van der Waals surface area contributed by atoms with Crippen molar-refractivity contribution in [3.05, 3.63) is 60.0 Å². The van der Waals surface area contributed by atoms with Gasteiger partial charge in [-0.1, -0.05) is 0 Å². The van der Waals surface area contributed by atoms with Crippen molar-refractivity contribution in [2.75, 3.05) is 27.2 Å². The number of hydrogen-bond acceptors (Lipinski definition) is 9. The van der Waals surface area contributed by atoms with Crippen LogP contribution < -0.4 is 4.74 Å². The van der Waals surface area contributed by atoms with Crippen molar-refractivity contribution >= 4 is 39.2 Å². The van der Waals surface area contributed by atoms with Gasteiger partial charge < -0.3 is 14.6 Å². The third-order valence-electron chi connectivity index (χ3n) is 6.06. The number of carbonyl (C=O) groups is 1. The molecule has 0 spiro atoms. The molecule has 0 aliphatic rings. The summed E-state index contributed by atoms with van der Waals surface area (Å²) in [5.74, 6) is 1.31. The fraction of sp³-hybridized carbons (Fsp3) is 0.185. The van der Waals surface area contributed by atoms with Crippen LogP contribution in [0, 0.1) is 0 Å². The van der Waals surface area contributed by atoms with Gasteiger partial charge in [-0.25, -0.2) is 9.97 Å².